The predicted molar refractivity (Wildman–Crippen MR) is 61.6 cm³/mol. The summed E-state index contributed by atoms with van der Waals surface area (Å²) in [7, 11) is 3.30. The minimum Gasteiger partial charge on any atom is -0.493 e. The number of hydrogen-bond donors (Lipinski definition) is 1. The third-order valence-electron chi connectivity index (χ3n) is 2.42. The van der Waals surface area contributed by atoms with Crippen molar-refractivity contribution in [1.29, 1.82) is 0 Å². The van der Waals surface area contributed by atoms with Gasteiger partial charge in [0.2, 0.25) is 0 Å². The van der Waals surface area contributed by atoms with Crippen molar-refractivity contribution in [2.75, 3.05) is 20.8 Å². The van der Waals surface area contributed by atoms with Crippen LogP contribution in [0.5, 0.6) is 11.5 Å². The summed E-state index contributed by atoms with van der Waals surface area (Å²) >= 11 is 0. The van der Waals surface area contributed by atoms with E-state index in [0.29, 0.717) is 6.04 Å². The molecule has 0 aromatic heterocycles. The Morgan fingerprint density at radius 2 is 1.87 bits per heavy atom. The number of hydrogen-bond acceptors (Lipinski definition) is 3. The van der Waals surface area contributed by atoms with E-state index in [1.165, 1.54) is 5.56 Å². The first kappa shape index (κ1) is 11.9. The summed E-state index contributed by atoms with van der Waals surface area (Å²) in [4.78, 5) is 0. The Morgan fingerprint density at radius 1 is 1.20 bits per heavy atom. The Morgan fingerprint density at radius 3 is 2.40 bits per heavy atom. The molecule has 0 heterocycles. The Kier molecular flexibility index (Phi) is 4.43. The van der Waals surface area contributed by atoms with E-state index in [4.69, 9.17) is 9.47 Å². The van der Waals surface area contributed by atoms with E-state index in [9.17, 15) is 0 Å². The third-order valence-corrected chi connectivity index (χ3v) is 2.42. The molecule has 1 aromatic rings. The number of methoxy groups -OCH3 is 2. The van der Waals surface area contributed by atoms with Crippen LogP contribution in [0.3, 0.4) is 0 Å². The lowest BCUT2D eigenvalue weighted by molar-refractivity contribution is 0.354. The van der Waals surface area contributed by atoms with Crippen molar-refractivity contribution < 1.29 is 9.47 Å². The molecule has 0 aliphatic heterocycles. The maximum Gasteiger partial charge on any atom is 0.161 e. The SMILES string of the molecule is CCN[C@H](C)c1ccc(OC)c(OC)c1. The zero-order chi connectivity index (χ0) is 11.3. The highest BCUT2D eigenvalue weighted by atomic mass is 16.5. The second-order valence-corrected chi connectivity index (χ2v) is 3.39. The van der Waals surface area contributed by atoms with E-state index in [1.807, 2.05) is 12.1 Å². The van der Waals surface area contributed by atoms with Crippen LogP contribution in [0, 0.1) is 0 Å². The summed E-state index contributed by atoms with van der Waals surface area (Å²) in [6.45, 7) is 5.18. The highest BCUT2D eigenvalue weighted by Crippen LogP contribution is 2.29. The van der Waals surface area contributed by atoms with Gasteiger partial charge in [-0.3, -0.25) is 0 Å². The van der Waals surface area contributed by atoms with Crippen LogP contribution >= 0.6 is 0 Å². The average Bonchev–Trinajstić information content (AvgIpc) is 2.28. The lowest BCUT2D eigenvalue weighted by atomic mass is 10.1. The van der Waals surface area contributed by atoms with Crippen molar-refractivity contribution in [3.63, 3.8) is 0 Å². The van der Waals surface area contributed by atoms with Crippen LogP contribution in [0.15, 0.2) is 18.2 Å². The largest absolute Gasteiger partial charge is 0.493 e. The number of rotatable bonds is 5. The molecule has 1 rings (SSSR count). The van der Waals surface area contributed by atoms with Crippen molar-refractivity contribution in [3.8, 4) is 11.5 Å². The Balaban J connectivity index is 2.92. The normalized spacial score (nSPS) is 12.3. The van der Waals surface area contributed by atoms with Crippen LogP contribution in [0.1, 0.15) is 25.5 Å². The van der Waals surface area contributed by atoms with Gasteiger partial charge in [-0.15, -0.1) is 0 Å². The Bertz CT molecular complexity index is 312. The first-order chi connectivity index (χ1) is 7.22. The van der Waals surface area contributed by atoms with Crippen LogP contribution in [-0.4, -0.2) is 20.8 Å². The molecule has 0 unspecified atom stereocenters. The number of ether oxygens (including phenoxy) is 2. The van der Waals surface area contributed by atoms with Gasteiger partial charge in [0.15, 0.2) is 11.5 Å². The van der Waals surface area contributed by atoms with E-state index in [1.54, 1.807) is 14.2 Å². The zero-order valence-electron chi connectivity index (χ0n) is 9.83. The predicted octanol–water partition coefficient (Wildman–Crippen LogP) is 2.37. The van der Waals surface area contributed by atoms with Crippen LogP contribution in [0.25, 0.3) is 0 Å². The van der Waals surface area contributed by atoms with Gasteiger partial charge in [-0.25, -0.2) is 0 Å². The summed E-state index contributed by atoms with van der Waals surface area (Å²) in [6, 6.07) is 6.32. The molecule has 1 N–H and O–H groups in total. The molecule has 3 nitrogen and oxygen atoms in total. The van der Waals surface area contributed by atoms with Crippen molar-refractivity contribution >= 4 is 0 Å². The first-order valence-corrected chi connectivity index (χ1v) is 5.18. The number of benzene rings is 1. The fraction of sp³-hybridized carbons (Fsp3) is 0.500. The molecular formula is C12H19NO2. The van der Waals surface area contributed by atoms with E-state index in [2.05, 4.69) is 25.2 Å². The molecule has 1 atom stereocenters. The summed E-state index contributed by atoms with van der Waals surface area (Å²) in [5, 5.41) is 3.35. The summed E-state index contributed by atoms with van der Waals surface area (Å²) < 4.78 is 10.4. The average molecular weight is 209 g/mol. The van der Waals surface area contributed by atoms with Crippen molar-refractivity contribution in [1.82, 2.24) is 5.32 Å². The third kappa shape index (κ3) is 2.86. The van der Waals surface area contributed by atoms with Gasteiger partial charge in [0.1, 0.15) is 0 Å². The van der Waals surface area contributed by atoms with Crippen LogP contribution in [0.4, 0.5) is 0 Å². The zero-order valence-corrected chi connectivity index (χ0v) is 9.83. The molecule has 84 valence electrons. The van der Waals surface area contributed by atoms with Gasteiger partial charge < -0.3 is 14.8 Å². The molecule has 0 bridgehead atoms. The van der Waals surface area contributed by atoms with E-state index < -0.39 is 0 Å². The smallest absolute Gasteiger partial charge is 0.161 e. The molecule has 0 aliphatic carbocycles. The second kappa shape index (κ2) is 5.61. The molecule has 0 aliphatic rings. The molecule has 0 amide bonds. The number of nitrogens with one attached hydrogen (secondary N) is 1. The lowest BCUT2D eigenvalue weighted by Gasteiger charge is -2.15. The van der Waals surface area contributed by atoms with Gasteiger partial charge >= 0.3 is 0 Å². The van der Waals surface area contributed by atoms with E-state index in [0.717, 1.165) is 18.0 Å². The standard InChI is InChI=1S/C12H19NO2/c1-5-13-9(2)10-6-7-11(14-3)12(8-10)15-4/h6-9,13H,5H2,1-4H3/t9-/m1/s1. The van der Waals surface area contributed by atoms with Gasteiger partial charge in [-0.1, -0.05) is 13.0 Å². The minimum atomic E-state index is 0.329. The fourth-order valence-corrected chi connectivity index (χ4v) is 1.55. The van der Waals surface area contributed by atoms with Crippen LogP contribution in [0.2, 0.25) is 0 Å². The monoisotopic (exact) mass is 209 g/mol. The van der Waals surface area contributed by atoms with Gasteiger partial charge in [-0.05, 0) is 31.2 Å². The maximum atomic E-state index is 5.25. The van der Waals surface area contributed by atoms with Crippen LogP contribution in [-0.2, 0) is 0 Å². The molecule has 0 radical (unpaired) electrons. The quantitative estimate of drug-likeness (QED) is 0.807. The van der Waals surface area contributed by atoms with Gasteiger partial charge in [0.05, 0.1) is 14.2 Å². The summed E-state index contributed by atoms with van der Waals surface area (Å²) in [5.41, 5.74) is 1.20. The molecule has 0 fully saturated rings. The molecule has 0 saturated heterocycles. The first-order valence-electron chi connectivity index (χ1n) is 5.18. The molecule has 0 saturated carbocycles. The topological polar surface area (TPSA) is 30.5 Å². The molecule has 3 heteroatoms. The van der Waals surface area contributed by atoms with Crippen molar-refractivity contribution in [3.05, 3.63) is 23.8 Å². The summed E-state index contributed by atoms with van der Waals surface area (Å²) in [5.74, 6) is 1.55. The molecule has 0 spiro atoms. The van der Waals surface area contributed by atoms with Gasteiger partial charge in [0.25, 0.3) is 0 Å². The molecule has 1 aromatic carbocycles. The highest BCUT2D eigenvalue weighted by Gasteiger charge is 2.08. The van der Waals surface area contributed by atoms with Gasteiger partial charge in [-0.2, -0.15) is 0 Å². The molecule has 15 heavy (non-hydrogen) atoms. The van der Waals surface area contributed by atoms with E-state index in [-0.39, 0.29) is 0 Å². The Labute approximate surface area is 91.4 Å². The van der Waals surface area contributed by atoms with Gasteiger partial charge in [0, 0.05) is 6.04 Å². The Hall–Kier alpha value is -1.22. The molecular weight excluding hydrogens is 190 g/mol. The maximum absolute atomic E-state index is 5.25. The lowest BCUT2D eigenvalue weighted by Crippen LogP contribution is -2.17. The van der Waals surface area contributed by atoms with Crippen molar-refractivity contribution in [2.24, 2.45) is 0 Å². The summed E-state index contributed by atoms with van der Waals surface area (Å²) in [6.07, 6.45) is 0. The minimum absolute atomic E-state index is 0.329. The van der Waals surface area contributed by atoms with E-state index >= 15 is 0 Å². The van der Waals surface area contributed by atoms with Crippen molar-refractivity contribution in [2.45, 2.75) is 19.9 Å². The fourth-order valence-electron chi connectivity index (χ4n) is 1.55. The second-order valence-electron chi connectivity index (χ2n) is 3.39. The van der Waals surface area contributed by atoms with Crippen LogP contribution < -0.4 is 14.8 Å². The highest BCUT2D eigenvalue weighted by molar-refractivity contribution is 5.43.